The van der Waals surface area contributed by atoms with Gasteiger partial charge in [-0.25, -0.2) is 4.79 Å². The molecule has 1 aliphatic heterocycles. The van der Waals surface area contributed by atoms with Crippen LogP contribution in [0.4, 0.5) is 4.79 Å². The van der Waals surface area contributed by atoms with Crippen LogP contribution in [0.5, 0.6) is 5.75 Å². The molecule has 0 aliphatic carbocycles. The zero-order valence-electron chi connectivity index (χ0n) is 12.6. The smallest absolute Gasteiger partial charge is 0.410 e. The van der Waals surface area contributed by atoms with Crippen LogP contribution in [0.15, 0.2) is 24.3 Å². The fourth-order valence-corrected chi connectivity index (χ4v) is 2.73. The fourth-order valence-electron chi connectivity index (χ4n) is 2.73. The second kappa shape index (κ2) is 7.32. The monoisotopic (exact) mass is 275 g/mol. The Labute approximate surface area is 121 Å². The van der Waals surface area contributed by atoms with Crippen LogP contribution in [0, 0.1) is 12.8 Å². The number of carbonyl (C=O) groups is 1. The number of aryl methyl sites for hydroxylation is 1. The number of para-hydroxylation sites is 1. The van der Waals surface area contributed by atoms with Crippen molar-refractivity contribution in [2.45, 2.75) is 46.0 Å². The van der Waals surface area contributed by atoms with Crippen molar-refractivity contribution in [1.82, 2.24) is 4.90 Å². The van der Waals surface area contributed by atoms with Gasteiger partial charge in [-0.2, -0.15) is 0 Å². The number of rotatable bonds is 4. The molecule has 1 aromatic rings. The lowest BCUT2D eigenvalue weighted by Crippen LogP contribution is -2.40. The van der Waals surface area contributed by atoms with Crippen molar-refractivity contribution in [2.24, 2.45) is 5.92 Å². The van der Waals surface area contributed by atoms with Crippen LogP contribution >= 0.6 is 0 Å². The number of nitrogens with zero attached hydrogens (tertiary/aromatic N) is 1. The summed E-state index contributed by atoms with van der Waals surface area (Å²) in [7, 11) is 0. The van der Waals surface area contributed by atoms with Gasteiger partial charge in [-0.1, -0.05) is 44.4 Å². The molecule has 1 aromatic carbocycles. The Morgan fingerprint density at radius 1 is 1.30 bits per heavy atom. The molecule has 3 nitrogen and oxygen atoms in total. The van der Waals surface area contributed by atoms with E-state index in [9.17, 15) is 4.79 Å². The molecule has 1 fully saturated rings. The summed E-state index contributed by atoms with van der Waals surface area (Å²) < 4.78 is 5.49. The fraction of sp³-hybridized carbons (Fsp3) is 0.588. The summed E-state index contributed by atoms with van der Waals surface area (Å²) >= 11 is 0. The maximum atomic E-state index is 12.1. The average molecular weight is 275 g/mol. The lowest BCUT2D eigenvalue weighted by atomic mass is 9.92. The number of ether oxygens (including phenoxy) is 1. The molecule has 1 amide bonds. The molecule has 0 atom stereocenters. The number of carbonyl (C=O) groups excluding carboxylic acids is 1. The van der Waals surface area contributed by atoms with Crippen molar-refractivity contribution in [3.8, 4) is 5.75 Å². The van der Waals surface area contributed by atoms with E-state index in [1.54, 1.807) is 0 Å². The van der Waals surface area contributed by atoms with Gasteiger partial charge < -0.3 is 9.64 Å². The number of hydrogen-bond acceptors (Lipinski definition) is 2. The zero-order valence-corrected chi connectivity index (χ0v) is 12.6. The first-order chi connectivity index (χ1) is 9.70. The minimum atomic E-state index is -0.201. The van der Waals surface area contributed by atoms with E-state index in [1.165, 1.54) is 19.3 Å². The maximum Gasteiger partial charge on any atom is 0.415 e. The van der Waals surface area contributed by atoms with E-state index in [2.05, 4.69) is 6.92 Å². The van der Waals surface area contributed by atoms with Crippen LogP contribution in [-0.2, 0) is 0 Å². The van der Waals surface area contributed by atoms with Crippen LogP contribution in [0.3, 0.4) is 0 Å². The van der Waals surface area contributed by atoms with E-state index in [-0.39, 0.29) is 6.09 Å². The van der Waals surface area contributed by atoms with Gasteiger partial charge in [0.2, 0.25) is 0 Å². The predicted octanol–water partition coefficient (Wildman–Crippen LogP) is 4.40. The Balaban J connectivity index is 1.82. The standard InChI is InChI=1S/C17H25NO2/c1-3-4-8-15-10-12-18(13-11-15)17(19)20-16-9-6-5-7-14(16)2/h5-7,9,15H,3-4,8,10-13H2,1-2H3. The van der Waals surface area contributed by atoms with Crippen LogP contribution in [0.2, 0.25) is 0 Å². The Morgan fingerprint density at radius 3 is 2.65 bits per heavy atom. The average Bonchev–Trinajstić information content (AvgIpc) is 2.48. The molecule has 20 heavy (non-hydrogen) atoms. The van der Waals surface area contributed by atoms with Crippen LogP contribution in [0.1, 0.15) is 44.6 Å². The SMILES string of the molecule is CCCCC1CCN(C(=O)Oc2ccccc2C)CC1. The van der Waals surface area contributed by atoms with Crippen LogP contribution in [-0.4, -0.2) is 24.1 Å². The predicted molar refractivity (Wildman–Crippen MR) is 81.0 cm³/mol. The molecule has 1 saturated heterocycles. The summed E-state index contributed by atoms with van der Waals surface area (Å²) in [6.07, 6.45) is 5.89. The first kappa shape index (κ1) is 14.9. The van der Waals surface area contributed by atoms with Gasteiger partial charge in [0.05, 0.1) is 0 Å². The van der Waals surface area contributed by atoms with E-state index in [4.69, 9.17) is 4.74 Å². The van der Waals surface area contributed by atoms with Crippen molar-refractivity contribution in [3.05, 3.63) is 29.8 Å². The summed E-state index contributed by atoms with van der Waals surface area (Å²) in [4.78, 5) is 14.0. The lowest BCUT2D eigenvalue weighted by Gasteiger charge is -2.31. The van der Waals surface area contributed by atoms with E-state index in [1.807, 2.05) is 36.1 Å². The Morgan fingerprint density at radius 2 is 2.00 bits per heavy atom. The molecule has 3 heteroatoms. The molecule has 0 N–H and O–H groups in total. The highest BCUT2D eigenvalue weighted by molar-refractivity contribution is 5.71. The Kier molecular flexibility index (Phi) is 5.45. The minimum absolute atomic E-state index is 0.201. The number of hydrogen-bond donors (Lipinski definition) is 0. The minimum Gasteiger partial charge on any atom is -0.410 e. The van der Waals surface area contributed by atoms with Gasteiger partial charge in [0.15, 0.2) is 0 Å². The largest absolute Gasteiger partial charge is 0.415 e. The number of benzene rings is 1. The summed E-state index contributed by atoms with van der Waals surface area (Å²) in [5.74, 6) is 1.46. The molecule has 1 aliphatic rings. The number of amides is 1. The van der Waals surface area contributed by atoms with Crippen molar-refractivity contribution >= 4 is 6.09 Å². The first-order valence-electron chi connectivity index (χ1n) is 7.73. The van der Waals surface area contributed by atoms with E-state index < -0.39 is 0 Å². The molecular weight excluding hydrogens is 250 g/mol. The molecule has 1 heterocycles. The highest BCUT2D eigenvalue weighted by Gasteiger charge is 2.23. The molecule has 0 aromatic heterocycles. The molecule has 0 spiro atoms. The topological polar surface area (TPSA) is 29.5 Å². The van der Waals surface area contributed by atoms with Gasteiger partial charge in [0.1, 0.15) is 5.75 Å². The van der Waals surface area contributed by atoms with Crippen LogP contribution < -0.4 is 4.74 Å². The van der Waals surface area contributed by atoms with Crippen molar-refractivity contribution in [2.75, 3.05) is 13.1 Å². The third-order valence-corrected chi connectivity index (χ3v) is 4.13. The lowest BCUT2D eigenvalue weighted by molar-refractivity contribution is 0.128. The van der Waals surface area contributed by atoms with Crippen LogP contribution in [0.25, 0.3) is 0 Å². The van der Waals surface area contributed by atoms with E-state index in [0.717, 1.165) is 37.4 Å². The van der Waals surface area contributed by atoms with Crippen molar-refractivity contribution in [1.29, 1.82) is 0 Å². The Hall–Kier alpha value is -1.51. The van der Waals surface area contributed by atoms with E-state index in [0.29, 0.717) is 5.75 Å². The van der Waals surface area contributed by atoms with Gasteiger partial charge in [0.25, 0.3) is 0 Å². The van der Waals surface area contributed by atoms with Gasteiger partial charge in [-0.3, -0.25) is 0 Å². The molecule has 0 unspecified atom stereocenters. The second-order valence-electron chi connectivity index (χ2n) is 5.71. The highest BCUT2D eigenvalue weighted by Crippen LogP contribution is 2.24. The van der Waals surface area contributed by atoms with E-state index >= 15 is 0 Å². The molecule has 0 saturated carbocycles. The molecule has 0 bridgehead atoms. The zero-order chi connectivity index (χ0) is 14.4. The number of piperidine rings is 1. The molecular formula is C17H25NO2. The maximum absolute atomic E-state index is 12.1. The summed E-state index contributed by atoms with van der Waals surface area (Å²) in [5.41, 5.74) is 0.999. The first-order valence-corrected chi connectivity index (χ1v) is 7.73. The molecule has 110 valence electrons. The quantitative estimate of drug-likeness (QED) is 0.815. The van der Waals surface area contributed by atoms with Crippen molar-refractivity contribution < 1.29 is 9.53 Å². The molecule has 2 rings (SSSR count). The second-order valence-corrected chi connectivity index (χ2v) is 5.71. The third kappa shape index (κ3) is 3.99. The Bertz CT molecular complexity index is 436. The van der Waals surface area contributed by atoms with Gasteiger partial charge in [0, 0.05) is 13.1 Å². The van der Waals surface area contributed by atoms with Gasteiger partial charge in [-0.05, 0) is 37.3 Å². The summed E-state index contributed by atoms with van der Waals surface area (Å²) in [6.45, 7) is 5.85. The normalized spacial score (nSPS) is 16.2. The molecule has 0 radical (unpaired) electrons. The highest BCUT2D eigenvalue weighted by atomic mass is 16.6. The van der Waals surface area contributed by atoms with Crippen molar-refractivity contribution in [3.63, 3.8) is 0 Å². The summed E-state index contributed by atoms with van der Waals surface area (Å²) in [6, 6.07) is 7.65. The van der Waals surface area contributed by atoms with Gasteiger partial charge >= 0.3 is 6.09 Å². The third-order valence-electron chi connectivity index (χ3n) is 4.13. The van der Waals surface area contributed by atoms with Gasteiger partial charge in [-0.15, -0.1) is 0 Å². The number of likely N-dealkylation sites (tertiary alicyclic amines) is 1. The summed E-state index contributed by atoms with van der Waals surface area (Å²) in [5, 5.41) is 0. The number of unbranched alkanes of at least 4 members (excludes halogenated alkanes) is 1.